The van der Waals surface area contributed by atoms with Gasteiger partial charge in [0.05, 0.1) is 0 Å². The molecule has 0 fully saturated rings. The lowest BCUT2D eigenvalue weighted by Gasteiger charge is -2.28. The van der Waals surface area contributed by atoms with E-state index in [1.807, 2.05) is 0 Å². The van der Waals surface area contributed by atoms with Crippen LogP contribution in [0.3, 0.4) is 0 Å². The van der Waals surface area contributed by atoms with Gasteiger partial charge in [0, 0.05) is 18.4 Å². The standard InChI is InChI=1S/C16H25N/c1-11(2)14-9-8-10-15(12(3)4)16(14)17(7)13(5)6/h8-12H,5H2,1-4,6-7H3. The predicted octanol–water partition coefficient (Wildman–Crippen LogP) is 4.90. The van der Waals surface area contributed by atoms with Crippen molar-refractivity contribution >= 4 is 5.69 Å². The molecule has 0 saturated heterocycles. The van der Waals surface area contributed by atoms with Gasteiger partial charge in [0.25, 0.3) is 0 Å². The first-order chi connectivity index (χ1) is 7.86. The summed E-state index contributed by atoms with van der Waals surface area (Å²) in [6.07, 6.45) is 0. The van der Waals surface area contributed by atoms with Crippen LogP contribution < -0.4 is 4.90 Å². The first-order valence-electron chi connectivity index (χ1n) is 6.38. The van der Waals surface area contributed by atoms with Crippen molar-refractivity contribution in [3.8, 4) is 0 Å². The Bertz CT molecular complexity index is 376. The molecule has 0 heterocycles. The Balaban J connectivity index is 3.43. The lowest BCUT2D eigenvalue weighted by Crippen LogP contribution is -2.18. The van der Waals surface area contributed by atoms with E-state index in [4.69, 9.17) is 0 Å². The summed E-state index contributed by atoms with van der Waals surface area (Å²) in [5.74, 6) is 1.07. The summed E-state index contributed by atoms with van der Waals surface area (Å²) >= 11 is 0. The number of para-hydroxylation sites is 1. The van der Waals surface area contributed by atoms with Crippen LogP contribution in [-0.4, -0.2) is 7.05 Å². The van der Waals surface area contributed by atoms with Crippen LogP contribution in [0.25, 0.3) is 0 Å². The van der Waals surface area contributed by atoms with Crippen LogP contribution in [0.2, 0.25) is 0 Å². The number of allylic oxidation sites excluding steroid dienone is 1. The fourth-order valence-corrected chi connectivity index (χ4v) is 2.09. The van der Waals surface area contributed by atoms with Crippen LogP contribution in [0.1, 0.15) is 57.6 Å². The smallest absolute Gasteiger partial charge is 0.0475 e. The number of benzene rings is 1. The molecule has 0 aliphatic carbocycles. The van der Waals surface area contributed by atoms with Crippen LogP contribution in [0.4, 0.5) is 5.69 Å². The van der Waals surface area contributed by atoms with Gasteiger partial charge in [0.1, 0.15) is 0 Å². The zero-order chi connectivity index (χ0) is 13.2. The van der Waals surface area contributed by atoms with Crippen molar-refractivity contribution in [3.05, 3.63) is 41.6 Å². The van der Waals surface area contributed by atoms with Gasteiger partial charge in [-0.1, -0.05) is 52.5 Å². The molecule has 17 heavy (non-hydrogen) atoms. The second-order valence-corrected chi connectivity index (χ2v) is 5.39. The summed E-state index contributed by atoms with van der Waals surface area (Å²) in [7, 11) is 2.11. The molecule has 0 aliphatic rings. The third-order valence-corrected chi connectivity index (χ3v) is 3.25. The fourth-order valence-electron chi connectivity index (χ4n) is 2.09. The van der Waals surface area contributed by atoms with E-state index in [9.17, 15) is 0 Å². The highest BCUT2D eigenvalue weighted by Gasteiger charge is 2.16. The second kappa shape index (κ2) is 5.39. The van der Waals surface area contributed by atoms with E-state index in [0.717, 1.165) is 5.70 Å². The minimum Gasteiger partial charge on any atom is -0.349 e. The largest absolute Gasteiger partial charge is 0.349 e. The van der Waals surface area contributed by atoms with Crippen LogP contribution in [0, 0.1) is 0 Å². The van der Waals surface area contributed by atoms with E-state index < -0.39 is 0 Å². The number of rotatable bonds is 4. The van der Waals surface area contributed by atoms with Gasteiger partial charge in [0.2, 0.25) is 0 Å². The van der Waals surface area contributed by atoms with Crippen LogP contribution in [-0.2, 0) is 0 Å². The Morgan fingerprint density at radius 1 is 1.06 bits per heavy atom. The van der Waals surface area contributed by atoms with Gasteiger partial charge in [-0.25, -0.2) is 0 Å². The average Bonchev–Trinajstić information content (AvgIpc) is 2.26. The van der Waals surface area contributed by atoms with E-state index in [1.165, 1.54) is 16.8 Å². The SMILES string of the molecule is C=C(C)N(C)c1c(C(C)C)cccc1C(C)C. The lowest BCUT2D eigenvalue weighted by atomic mass is 9.92. The molecule has 0 N–H and O–H groups in total. The second-order valence-electron chi connectivity index (χ2n) is 5.39. The first-order valence-corrected chi connectivity index (χ1v) is 6.38. The normalized spacial score (nSPS) is 11.1. The number of hydrogen-bond acceptors (Lipinski definition) is 1. The maximum Gasteiger partial charge on any atom is 0.0475 e. The van der Waals surface area contributed by atoms with Crippen molar-refractivity contribution in [2.24, 2.45) is 0 Å². The summed E-state index contributed by atoms with van der Waals surface area (Å²) in [6.45, 7) is 15.1. The minimum absolute atomic E-state index is 0.533. The lowest BCUT2D eigenvalue weighted by molar-refractivity contribution is 0.822. The molecule has 1 nitrogen and oxygen atoms in total. The molecular weight excluding hydrogens is 206 g/mol. The molecule has 1 heteroatoms. The van der Waals surface area contributed by atoms with E-state index >= 15 is 0 Å². The molecule has 0 saturated carbocycles. The number of hydrogen-bond donors (Lipinski definition) is 0. The van der Waals surface area contributed by atoms with Crippen molar-refractivity contribution < 1.29 is 0 Å². The molecule has 0 unspecified atom stereocenters. The average molecular weight is 231 g/mol. The van der Waals surface area contributed by atoms with Gasteiger partial charge >= 0.3 is 0 Å². The van der Waals surface area contributed by atoms with Crippen LogP contribution in [0.5, 0.6) is 0 Å². The summed E-state index contributed by atoms with van der Waals surface area (Å²) in [4.78, 5) is 2.21. The van der Waals surface area contributed by atoms with Gasteiger partial charge < -0.3 is 4.90 Å². The zero-order valence-corrected chi connectivity index (χ0v) is 12.0. The van der Waals surface area contributed by atoms with Gasteiger partial charge in [-0.05, 0) is 29.9 Å². The molecule has 94 valence electrons. The third kappa shape index (κ3) is 2.91. The van der Waals surface area contributed by atoms with E-state index in [-0.39, 0.29) is 0 Å². The zero-order valence-electron chi connectivity index (χ0n) is 12.0. The topological polar surface area (TPSA) is 3.24 Å². The Morgan fingerprint density at radius 2 is 1.47 bits per heavy atom. The van der Waals surface area contributed by atoms with Crippen LogP contribution >= 0.6 is 0 Å². The summed E-state index contributed by atoms with van der Waals surface area (Å²) < 4.78 is 0. The molecule has 1 rings (SSSR count). The molecule has 0 radical (unpaired) electrons. The molecule has 0 atom stereocenters. The van der Waals surface area contributed by atoms with Crippen molar-refractivity contribution in [1.29, 1.82) is 0 Å². The molecule has 1 aromatic rings. The first kappa shape index (κ1) is 13.8. The van der Waals surface area contributed by atoms with Crippen molar-refractivity contribution in [1.82, 2.24) is 0 Å². The predicted molar refractivity (Wildman–Crippen MR) is 77.8 cm³/mol. The minimum atomic E-state index is 0.533. The van der Waals surface area contributed by atoms with Crippen molar-refractivity contribution in [2.45, 2.75) is 46.5 Å². The molecule has 1 aromatic carbocycles. The Hall–Kier alpha value is -1.24. The molecule has 0 bridgehead atoms. The van der Waals surface area contributed by atoms with Gasteiger partial charge in [-0.15, -0.1) is 0 Å². The maximum absolute atomic E-state index is 4.06. The molecule has 0 amide bonds. The van der Waals surface area contributed by atoms with E-state index in [1.54, 1.807) is 0 Å². The number of anilines is 1. The van der Waals surface area contributed by atoms with Gasteiger partial charge in [-0.2, -0.15) is 0 Å². The quantitative estimate of drug-likeness (QED) is 0.712. The Morgan fingerprint density at radius 3 is 1.76 bits per heavy atom. The maximum atomic E-state index is 4.06. The Labute approximate surface area is 106 Å². The number of nitrogens with zero attached hydrogens (tertiary/aromatic N) is 1. The van der Waals surface area contributed by atoms with Crippen LogP contribution in [0.15, 0.2) is 30.5 Å². The summed E-state index contributed by atoms with van der Waals surface area (Å²) in [5.41, 5.74) is 5.23. The molecule has 0 aromatic heterocycles. The third-order valence-electron chi connectivity index (χ3n) is 3.25. The van der Waals surface area contributed by atoms with Crippen molar-refractivity contribution in [2.75, 3.05) is 11.9 Å². The molecule has 0 aliphatic heterocycles. The Kier molecular flexibility index (Phi) is 4.39. The monoisotopic (exact) mass is 231 g/mol. The summed E-state index contributed by atoms with van der Waals surface area (Å²) in [6, 6.07) is 6.62. The molecular formula is C16H25N. The van der Waals surface area contributed by atoms with Crippen molar-refractivity contribution in [3.63, 3.8) is 0 Å². The van der Waals surface area contributed by atoms with Gasteiger partial charge in [0.15, 0.2) is 0 Å². The molecule has 0 spiro atoms. The fraction of sp³-hybridized carbons (Fsp3) is 0.500. The van der Waals surface area contributed by atoms with E-state index in [2.05, 4.69) is 71.3 Å². The van der Waals surface area contributed by atoms with Gasteiger partial charge in [-0.3, -0.25) is 0 Å². The highest BCUT2D eigenvalue weighted by atomic mass is 15.1. The highest BCUT2D eigenvalue weighted by molar-refractivity contribution is 5.64. The van der Waals surface area contributed by atoms with E-state index in [0.29, 0.717) is 11.8 Å². The summed E-state index contributed by atoms with van der Waals surface area (Å²) in [5, 5.41) is 0. The highest BCUT2D eigenvalue weighted by Crippen LogP contribution is 2.35.